The number of aromatic nitrogens is 1. The van der Waals surface area contributed by atoms with Crippen LogP contribution in [0.5, 0.6) is 0 Å². The van der Waals surface area contributed by atoms with Gasteiger partial charge in [0.25, 0.3) is 6.01 Å². The lowest BCUT2D eigenvalue weighted by Crippen LogP contribution is -2.39. The maximum atomic E-state index is 12.3. The molecule has 2 aromatic carbocycles. The Hall–Kier alpha value is -3.02. The van der Waals surface area contributed by atoms with Crippen LogP contribution >= 0.6 is 0 Å². The first kappa shape index (κ1) is 23.7. The van der Waals surface area contributed by atoms with Gasteiger partial charge in [0.15, 0.2) is 5.58 Å². The number of para-hydroxylation sites is 2. The van der Waals surface area contributed by atoms with Crippen LogP contribution in [0.15, 0.2) is 46.9 Å². The maximum Gasteiger partial charge on any atom is 0.309 e. The van der Waals surface area contributed by atoms with Crippen LogP contribution in [-0.4, -0.2) is 30.1 Å². The zero-order valence-electron chi connectivity index (χ0n) is 21.1. The number of carbonyl (C=O) groups is 1. The van der Waals surface area contributed by atoms with Crippen LogP contribution in [0.25, 0.3) is 11.1 Å². The second-order valence-corrected chi connectivity index (χ2v) is 10.4. The van der Waals surface area contributed by atoms with Gasteiger partial charge in [0.05, 0.1) is 23.9 Å². The molecule has 6 heteroatoms. The molecule has 2 unspecified atom stereocenters. The minimum absolute atomic E-state index is 0.0388. The molecule has 1 aromatic heterocycles. The quantitative estimate of drug-likeness (QED) is 0.335. The van der Waals surface area contributed by atoms with Gasteiger partial charge < -0.3 is 19.4 Å². The lowest BCUT2D eigenvalue weighted by atomic mass is 9.92. The molecule has 0 aliphatic heterocycles. The Morgan fingerprint density at radius 1 is 1.17 bits per heavy atom. The van der Waals surface area contributed by atoms with Crippen molar-refractivity contribution in [2.45, 2.75) is 71.3 Å². The molecule has 2 aliphatic rings. The summed E-state index contributed by atoms with van der Waals surface area (Å²) in [5.41, 5.74) is 4.95. The summed E-state index contributed by atoms with van der Waals surface area (Å²) >= 11 is 0. The third kappa shape index (κ3) is 5.31. The highest BCUT2D eigenvalue weighted by atomic mass is 16.5. The fourth-order valence-electron chi connectivity index (χ4n) is 5.48. The number of nitrogens with one attached hydrogen (secondary N) is 1. The monoisotopic (exact) mass is 475 g/mol. The van der Waals surface area contributed by atoms with E-state index in [2.05, 4.69) is 47.2 Å². The average molecular weight is 476 g/mol. The van der Waals surface area contributed by atoms with E-state index in [1.807, 2.05) is 31.2 Å². The lowest BCUT2D eigenvalue weighted by molar-refractivity contribution is -0.144. The summed E-state index contributed by atoms with van der Waals surface area (Å²) in [6.45, 7) is 7.86. The van der Waals surface area contributed by atoms with E-state index in [-0.39, 0.29) is 17.8 Å². The fraction of sp³-hybridized carbons (Fsp3) is 0.517. The van der Waals surface area contributed by atoms with Crippen molar-refractivity contribution in [3.05, 3.63) is 48.0 Å². The topological polar surface area (TPSA) is 67.6 Å². The first-order valence-electron chi connectivity index (χ1n) is 13.2. The summed E-state index contributed by atoms with van der Waals surface area (Å²) < 4.78 is 11.3. The van der Waals surface area contributed by atoms with E-state index in [1.54, 1.807) is 0 Å². The van der Waals surface area contributed by atoms with Crippen LogP contribution < -0.4 is 10.2 Å². The highest BCUT2D eigenvalue weighted by Gasteiger charge is 2.45. The molecule has 2 atom stereocenters. The molecule has 5 rings (SSSR count). The second-order valence-electron chi connectivity index (χ2n) is 10.4. The minimum Gasteiger partial charge on any atom is -0.466 e. The number of nitrogens with zero attached hydrogens (tertiary/aromatic N) is 2. The largest absolute Gasteiger partial charge is 0.466 e. The Morgan fingerprint density at radius 3 is 2.71 bits per heavy atom. The van der Waals surface area contributed by atoms with Crippen molar-refractivity contribution in [1.82, 2.24) is 4.98 Å². The SMILES string of the molecule is CCOC(=O)C1CC1c1ccc(N(CC(C)C)C2CCCCC2)c(Nc2nc3ccccc3o2)c1. The molecule has 2 aliphatic carbocycles. The summed E-state index contributed by atoms with van der Waals surface area (Å²) in [4.78, 5) is 19.6. The summed E-state index contributed by atoms with van der Waals surface area (Å²) in [6, 6.07) is 15.5. The predicted octanol–water partition coefficient (Wildman–Crippen LogP) is 7.03. The molecule has 186 valence electrons. The molecule has 0 spiro atoms. The molecule has 0 amide bonds. The Kier molecular flexibility index (Phi) is 6.98. The second kappa shape index (κ2) is 10.3. The van der Waals surface area contributed by atoms with Crippen LogP contribution in [0.1, 0.15) is 70.8 Å². The molecule has 3 aromatic rings. The number of oxazole rings is 1. The average Bonchev–Trinajstić information content (AvgIpc) is 3.56. The molecular formula is C29H37N3O3. The van der Waals surface area contributed by atoms with Crippen LogP contribution in [0.2, 0.25) is 0 Å². The van der Waals surface area contributed by atoms with Crippen molar-refractivity contribution in [2.75, 3.05) is 23.4 Å². The molecule has 1 N–H and O–H groups in total. The van der Waals surface area contributed by atoms with E-state index >= 15 is 0 Å². The van der Waals surface area contributed by atoms with E-state index in [0.717, 1.165) is 29.8 Å². The molecule has 6 nitrogen and oxygen atoms in total. The number of rotatable bonds is 9. The molecular weight excluding hydrogens is 438 g/mol. The van der Waals surface area contributed by atoms with Gasteiger partial charge in [0.2, 0.25) is 0 Å². The minimum atomic E-state index is -0.0846. The van der Waals surface area contributed by atoms with Crippen molar-refractivity contribution in [3.8, 4) is 0 Å². The van der Waals surface area contributed by atoms with Crippen molar-refractivity contribution in [3.63, 3.8) is 0 Å². The maximum absolute atomic E-state index is 12.3. The lowest BCUT2D eigenvalue weighted by Gasteiger charge is -2.38. The van der Waals surface area contributed by atoms with Crippen LogP contribution in [0.4, 0.5) is 17.4 Å². The number of carbonyl (C=O) groups excluding carboxylic acids is 1. The van der Waals surface area contributed by atoms with E-state index < -0.39 is 0 Å². The highest BCUT2D eigenvalue weighted by Crippen LogP contribution is 2.50. The van der Waals surface area contributed by atoms with Gasteiger partial charge >= 0.3 is 5.97 Å². The first-order valence-corrected chi connectivity index (χ1v) is 13.2. The number of ether oxygens (including phenoxy) is 1. The summed E-state index contributed by atoms with van der Waals surface area (Å²) in [7, 11) is 0. The van der Waals surface area contributed by atoms with Gasteiger partial charge in [-0.3, -0.25) is 4.79 Å². The molecule has 0 bridgehead atoms. The fourth-order valence-corrected chi connectivity index (χ4v) is 5.48. The Bertz CT molecular complexity index is 1130. The van der Waals surface area contributed by atoms with Gasteiger partial charge in [0, 0.05) is 12.6 Å². The van der Waals surface area contributed by atoms with Crippen molar-refractivity contribution < 1.29 is 13.9 Å². The normalized spacial score (nSPS) is 20.2. The van der Waals surface area contributed by atoms with Gasteiger partial charge in [-0.05, 0) is 67.9 Å². The Morgan fingerprint density at radius 2 is 1.97 bits per heavy atom. The zero-order chi connectivity index (χ0) is 24.4. The summed E-state index contributed by atoms with van der Waals surface area (Å²) in [5.74, 6) is 0.632. The summed E-state index contributed by atoms with van der Waals surface area (Å²) in [5, 5.41) is 3.51. The molecule has 0 radical (unpaired) electrons. The number of benzene rings is 2. The number of fused-ring (bicyclic) bond motifs is 1. The Labute approximate surface area is 208 Å². The number of hydrogen-bond donors (Lipinski definition) is 1. The van der Waals surface area contributed by atoms with E-state index in [1.165, 1.54) is 43.4 Å². The number of anilines is 3. The zero-order valence-corrected chi connectivity index (χ0v) is 21.1. The third-order valence-corrected chi connectivity index (χ3v) is 7.25. The number of hydrogen-bond acceptors (Lipinski definition) is 6. The molecule has 2 saturated carbocycles. The van der Waals surface area contributed by atoms with Crippen molar-refractivity contribution >= 4 is 34.5 Å². The van der Waals surface area contributed by atoms with Gasteiger partial charge in [-0.25, -0.2) is 0 Å². The van der Waals surface area contributed by atoms with E-state index in [9.17, 15) is 4.79 Å². The van der Waals surface area contributed by atoms with Gasteiger partial charge in [-0.15, -0.1) is 0 Å². The first-order chi connectivity index (χ1) is 17.0. The standard InChI is InChI=1S/C29H37N3O3/c1-4-34-28(33)23-17-22(23)20-14-15-26(32(18-19(2)3)21-10-6-5-7-11-21)25(16-20)31-29-30-24-12-8-9-13-27(24)35-29/h8-9,12-16,19,21-23H,4-7,10-11,17-18H2,1-3H3,(H,30,31). The summed E-state index contributed by atoms with van der Waals surface area (Å²) in [6.07, 6.45) is 7.20. The molecule has 1 heterocycles. The van der Waals surface area contributed by atoms with Crippen LogP contribution in [0, 0.1) is 11.8 Å². The van der Waals surface area contributed by atoms with E-state index in [4.69, 9.17) is 9.15 Å². The van der Waals surface area contributed by atoms with Crippen LogP contribution in [0.3, 0.4) is 0 Å². The van der Waals surface area contributed by atoms with Gasteiger partial charge in [0.1, 0.15) is 5.52 Å². The smallest absolute Gasteiger partial charge is 0.309 e. The van der Waals surface area contributed by atoms with Gasteiger partial charge in [-0.1, -0.05) is 51.3 Å². The van der Waals surface area contributed by atoms with Crippen molar-refractivity contribution in [1.29, 1.82) is 0 Å². The van der Waals surface area contributed by atoms with E-state index in [0.29, 0.717) is 24.6 Å². The molecule has 35 heavy (non-hydrogen) atoms. The Balaban J connectivity index is 1.50. The van der Waals surface area contributed by atoms with Crippen molar-refractivity contribution in [2.24, 2.45) is 11.8 Å². The highest BCUT2D eigenvalue weighted by molar-refractivity contribution is 5.80. The third-order valence-electron chi connectivity index (χ3n) is 7.25. The number of esters is 1. The predicted molar refractivity (Wildman–Crippen MR) is 140 cm³/mol. The van der Waals surface area contributed by atoms with Gasteiger partial charge in [-0.2, -0.15) is 4.98 Å². The van der Waals surface area contributed by atoms with Crippen LogP contribution in [-0.2, 0) is 9.53 Å². The molecule has 0 saturated heterocycles. The molecule has 2 fully saturated rings.